The Bertz CT molecular complexity index is 28.0. The Labute approximate surface area is 35.2 Å². The van der Waals surface area contributed by atoms with Crippen molar-refractivity contribution in [1.82, 2.24) is 0 Å². The number of aliphatic hydroxyl groups excluding tert-OH is 2. The molecule has 0 spiro atoms. The van der Waals surface area contributed by atoms with Crippen LogP contribution in [0.3, 0.4) is 0 Å². The second kappa shape index (κ2) is 3.06. The lowest BCUT2D eigenvalue weighted by molar-refractivity contribution is 0.0737. The highest BCUT2D eigenvalue weighted by atomic mass is 19.1. The Morgan fingerprint density at radius 1 is 1.67 bits per heavy atom. The first-order chi connectivity index (χ1) is 2.81. The summed E-state index contributed by atoms with van der Waals surface area (Å²) < 4.78 is 11.0. The Morgan fingerprint density at radius 3 is 2.17 bits per heavy atom. The molecule has 38 valence electrons. The molecule has 3 heteroatoms. The van der Waals surface area contributed by atoms with Gasteiger partial charge < -0.3 is 10.2 Å². The van der Waals surface area contributed by atoms with E-state index in [4.69, 9.17) is 10.2 Å². The van der Waals surface area contributed by atoms with Crippen LogP contribution in [-0.2, 0) is 0 Å². The van der Waals surface area contributed by atoms with Crippen molar-refractivity contribution in [2.24, 2.45) is 0 Å². The molecule has 0 aromatic heterocycles. The average Bonchev–Trinajstić information content (AvgIpc) is 1.65. The maximum atomic E-state index is 11.0. The van der Waals surface area contributed by atoms with Crippen LogP contribution < -0.4 is 0 Å². The van der Waals surface area contributed by atoms with E-state index in [2.05, 4.69) is 0 Å². The Balaban J connectivity index is 2.75. The third-order valence-electron chi connectivity index (χ3n) is 0.389. The third kappa shape index (κ3) is 2.11. The summed E-state index contributed by atoms with van der Waals surface area (Å²) in [5, 5.41) is 15.9. The van der Waals surface area contributed by atoms with Gasteiger partial charge in [0.2, 0.25) is 0 Å². The van der Waals surface area contributed by atoms with Gasteiger partial charge in [0.05, 0.1) is 6.61 Å². The van der Waals surface area contributed by atoms with Gasteiger partial charge >= 0.3 is 0 Å². The predicted octanol–water partition coefficient (Wildman–Crippen LogP) is -0.691. The maximum Gasteiger partial charge on any atom is 0.118 e. The van der Waals surface area contributed by atoms with E-state index in [0.717, 1.165) is 0 Å². The minimum atomic E-state index is -1.18. The van der Waals surface area contributed by atoms with Crippen LogP contribution in [0, 0.1) is 0 Å². The molecule has 0 fully saturated rings. The molecule has 6 heavy (non-hydrogen) atoms. The lowest BCUT2D eigenvalue weighted by atomic mass is 10.4. The first-order valence-corrected chi connectivity index (χ1v) is 1.66. The number of hydrogen-bond donors (Lipinski definition) is 2. The number of halogens is 1. The zero-order chi connectivity index (χ0) is 4.99. The molecular formula is C3H7FO2. The van der Waals surface area contributed by atoms with Crippen molar-refractivity contribution in [1.29, 1.82) is 0 Å². The zero-order valence-electron chi connectivity index (χ0n) is 3.26. The first-order valence-electron chi connectivity index (χ1n) is 1.66. The summed E-state index contributed by atoms with van der Waals surface area (Å²) in [5.74, 6) is 0. The number of hydrogen-bond acceptors (Lipinski definition) is 2. The van der Waals surface area contributed by atoms with Gasteiger partial charge in [0.15, 0.2) is 0 Å². The lowest BCUT2D eigenvalue weighted by Crippen LogP contribution is -2.13. The number of rotatable bonds is 2. The van der Waals surface area contributed by atoms with E-state index in [1.807, 2.05) is 0 Å². The van der Waals surface area contributed by atoms with E-state index >= 15 is 0 Å². The minimum absolute atomic E-state index is 0.490. The highest BCUT2D eigenvalue weighted by Gasteiger charge is 1.95. The van der Waals surface area contributed by atoms with Gasteiger partial charge in [0.25, 0.3) is 0 Å². The predicted molar refractivity (Wildman–Crippen MR) is 19.1 cm³/mol. The highest BCUT2D eigenvalue weighted by Crippen LogP contribution is 1.77. The molecule has 0 aliphatic rings. The lowest BCUT2D eigenvalue weighted by Gasteiger charge is -1.94. The molecule has 2 N–H and O–H groups in total. The Morgan fingerprint density at radius 2 is 2.17 bits per heavy atom. The smallest absolute Gasteiger partial charge is 0.118 e. The summed E-state index contributed by atoms with van der Waals surface area (Å²) in [4.78, 5) is 0. The number of aliphatic hydroxyl groups is 2. The molecule has 0 saturated carbocycles. The van der Waals surface area contributed by atoms with Crippen LogP contribution in [0.1, 0.15) is 0 Å². The van der Waals surface area contributed by atoms with Crippen LogP contribution in [0.25, 0.3) is 0 Å². The van der Waals surface area contributed by atoms with Crippen molar-refractivity contribution >= 4 is 0 Å². The standard InChI is InChI=1S/C3H7FO2/c4-1-3(6)2-5/h3,5-6H,1-2H2/t3-/m1/s1. The van der Waals surface area contributed by atoms with Gasteiger partial charge in [0, 0.05) is 0 Å². The van der Waals surface area contributed by atoms with Gasteiger partial charge in [-0.2, -0.15) is 0 Å². The summed E-state index contributed by atoms with van der Waals surface area (Å²) in [6, 6.07) is 0. The van der Waals surface area contributed by atoms with Gasteiger partial charge in [-0.05, 0) is 0 Å². The highest BCUT2D eigenvalue weighted by molar-refractivity contribution is 4.44. The van der Waals surface area contributed by atoms with E-state index < -0.39 is 19.4 Å². The zero-order valence-corrected chi connectivity index (χ0v) is 3.26. The summed E-state index contributed by atoms with van der Waals surface area (Å²) >= 11 is 0. The quantitative estimate of drug-likeness (QED) is 0.475. The number of alkyl halides is 1. The van der Waals surface area contributed by atoms with Crippen LogP contribution in [0.4, 0.5) is 4.39 Å². The fourth-order valence-corrected chi connectivity index (χ4v) is 0.0488. The van der Waals surface area contributed by atoms with Crippen molar-refractivity contribution in [3.05, 3.63) is 0 Å². The molecule has 0 heterocycles. The van der Waals surface area contributed by atoms with E-state index in [-0.39, 0.29) is 0 Å². The largest absolute Gasteiger partial charge is 0.394 e. The van der Waals surface area contributed by atoms with Crippen LogP contribution >= 0.6 is 0 Å². The maximum absolute atomic E-state index is 11.0. The van der Waals surface area contributed by atoms with Gasteiger partial charge in [-0.3, -0.25) is 0 Å². The SMILES string of the molecule is OC[C@H](O)CF. The molecule has 0 aromatic carbocycles. The van der Waals surface area contributed by atoms with E-state index in [0.29, 0.717) is 0 Å². The second-order valence-corrected chi connectivity index (χ2v) is 0.991. The molecule has 0 rings (SSSR count). The molecule has 0 radical (unpaired) electrons. The molecule has 0 unspecified atom stereocenters. The molecule has 0 saturated heterocycles. The molecular weight excluding hydrogens is 87.0 g/mol. The molecule has 0 bridgehead atoms. The molecule has 0 aromatic rings. The third-order valence-corrected chi connectivity index (χ3v) is 0.389. The van der Waals surface area contributed by atoms with Crippen molar-refractivity contribution in [3.63, 3.8) is 0 Å². The average molecular weight is 94.1 g/mol. The van der Waals surface area contributed by atoms with Crippen LogP contribution in [0.5, 0.6) is 0 Å². The van der Waals surface area contributed by atoms with Gasteiger partial charge in [-0.25, -0.2) is 4.39 Å². The van der Waals surface area contributed by atoms with Crippen LogP contribution in [0.2, 0.25) is 0 Å². The van der Waals surface area contributed by atoms with E-state index in [1.54, 1.807) is 0 Å². The summed E-state index contributed by atoms with van der Waals surface area (Å²) in [6.45, 7) is -1.35. The second-order valence-electron chi connectivity index (χ2n) is 0.991. The fraction of sp³-hybridized carbons (Fsp3) is 1.00. The summed E-state index contributed by atoms with van der Waals surface area (Å²) in [7, 11) is 0. The first kappa shape index (κ1) is 5.85. The fourth-order valence-electron chi connectivity index (χ4n) is 0.0488. The summed E-state index contributed by atoms with van der Waals surface area (Å²) in [5.41, 5.74) is 0. The summed E-state index contributed by atoms with van der Waals surface area (Å²) in [6.07, 6.45) is -1.18. The normalized spacial score (nSPS) is 14.5. The van der Waals surface area contributed by atoms with Crippen molar-refractivity contribution < 1.29 is 14.6 Å². The monoisotopic (exact) mass is 94.0 g/mol. The van der Waals surface area contributed by atoms with E-state index in [9.17, 15) is 4.39 Å². The van der Waals surface area contributed by atoms with Crippen molar-refractivity contribution in [2.75, 3.05) is 13.3 Å². The van der Waals surface area contributed by atoms with E-state index in [1.165, 1.54) is 0 Å². The molecule has 0 amide bonds. The minimum Gasteiger partial charge on any atom is -0.394 e. The topological polar surface area (TPSA) is 40.5 Å². The molecule has 1 atom stereocenters. The van der Waals surface area contributed by atoms with Gasteiger partial charge in [0.1, 0.15) is 12.8 Å². The van der Waals surface area contributed by atoms with Crippen molar-refractivity contribution in [2.45, 2.75) is 6.10 Å². The van der Waals surface area contributed by atoms with Crippen LogP contribution in [0.15, 0.2) is 0 Å². The molecule has 2 nitrogen and oxygen atoms in total. The van der Waals surface area contributed by atoms with Crippen molar-refractivity contribution in [3.8, 4) is 0 Å². The molecule has 0 aliphatic heterocycles. The Kier molecular flexibility index (Phi) is 2.98. The van der Waals surface area contributed by atoms with Gasteiger partial charge in [-0.15, -0.1) is 0 Å². The van der Waals surface area contributed by atoms with Gasteiger partial charge in [-0.1, -0.05) is 0 Å². The van der Waals surface area contributed by atoms with Crippen LogP contribution in [-0.4, -0.2) is 29.6 Å². The Hall–Kier alpha value is -0.150. The molecule has 0 aliphatic carbocycles.